The Hall–Kier alpha value is -1.89. The highest BCUT2D eigenvalue weighted by Gasteiger charge is 2.34. The molecule has 0 aliphatic carbocycles. The predicted octanol–water partition coefficient (Wildman–Crippen LogP) is 4.74. The third-order valence-corrected chi connectivity index (χ3v) is 3.76. The molecule has 3 rings (SSSR count). The number of nitrogens with zero attached hydrogens (tertiary/aromatic N) is 3. The van der Waals surface area contributed by atoms with Gasteiger partial charge in [-0.05, 0) is 46.6 Å². The van der Waals surface area contributed by atoms with Crippen LogP contribution >= 0.6 is 15.9 Å². The van der Waals surface area contributed by atoms with E-state index in [0.29, 0.717) is 28.1 Å². The number of rotatable bonds is 2. The van der Waals surface area contributed by atoms with Gasteiger partial charge in [-0.15, -0.1) is 0 Å². The first-order chi connectivity index (χ1) is 10.4. The van der Waals surface area contributed by atoms with Gasteiger partial charge in [-0.3, -0.25) is 4.40 Å². The zero-order valence-corrected chi connectivity index (χ0v) is 13.1. The van der Waals surface area contributed by atoms with Crippen LogP contribution in [0.15, 0.2) is 41.1 Å². The fourth-order valence-corrected chi connectivity index (χ4v) is 2.74. The number of pyridine rings is 2. The second kappa shape index (κ2) is 5.39. The molecule has 3 aromatic rings. The van der Waals surface area contributed by atoms with E-state index >= 15 is 0 Å². The normalized spacial score (nSPS) is 12.0. The van der Waals surface area contributed by atoms with Crippen LogP contribution in [0.5, 0.6) is 0 Å². The van der Waals surface area contributed by atoms with Gasteiger partial charge in [0.25, 0.3) is 0 Å². The Balaban J connectivity index is 2.35. The minimum Gasteiger partial charge on any atom is -0.297 e. The molecule has 7 heteroatoms. The van der Waals surface area contributed by atoms with Gasteiger partial charge in [0.2, 0.25) is 0 Å². The molecule has 22 heavy (non-hydrogen) atoms. The largest absolute Gasteiger partial charge is 0.419 e. The summed E-state index contributed by atoms with van der Waals surface area (Å²) in [5, 5.41) is 0. The van der Waals surface area contributed by atoms with Gasteiger partial charge in [0.1, 0.15) is 10.3 Å². The van der Waals surface area contributed by atoms with E-state index < -0.39 is 11.7 Å². The maximum Gasteiger partial charge on any atom is 0.419 e. The van der Waals surface area contributed by atoms with Crippen LogP contribution < -0.4 is 0 Å². The van der Waals surface area contributed by atoms with Crippen LogP contribution in [0.1, 0.15) is 18.2 Å². The van der Waals surface area contributed by atoms with E-state index in [4.69, 9.17) is 0 Å². The summed E-state index contributed by atoms with van der Waals surface area (Å²) >= 11 is 3.28. The fraction of sp³-hybridized carbons (Fsp3) is 0.200. The van der Waals surface area contributed by atoms with Crippen molar-refractivity contribution in [1.29, 1.82) is 0 Å². The number of hydrogen-bond acceptors (Lipinski definition) is 2. The van der Waals surface area contributed by atoms with E-state index in [0.717, 1.165) is 6.07 Å². The summed E-state index contributed by atoms with van der Waals surface area (Å²) in [7, 11) is 0. The number of halogens is 4. The van der Waals surface area contributed by atoms with Crippen LogP contribution in [0.3, 0.4) is 0 Å². The van der Waals surface area contributed by atoms with Gasteiger partial charge < -0.3 is 0 Å². The van der Waals surface area contributed by atoms with Crippen LogP contribution in [0.4, 0.5) is 13.2 Å². The average Bonchev–Trinajstić information content (AvgIpc) is 2.84. The van der Waals surface area contributed by atoms with Crippen LogP contribution in [0.25, 0.3) is 17.0 Å². The number of alkyl halides is 3. The molecule has 0 radical (unpaired) electrons. The SMILES string of the molecule is CCc1nc2c(C(F)(F)F)cccn2c1-c1cccc(Br)n1. The van der Waals surface area contributed by atoms with Crippen molar-refractivity contribution in [2.45, 2.75) is 19.5 Å². The molecule has 0 unspecified atom stereocenters. The quantitative estimate of drug-likeness (QED) is 0.610. The number of imidazole rings is 1. The molecule has 3 nitrogen and oxygen atoms in total. The van der Waals surface area contributed by atoms with Crippen molar-refractivity contribution in [3.05, 3.63) is 52.4 Å². The lowest BCUT2D eigenvalue weighted by molar-refractivity contribution is -0.136. The van der Waals surface area contributed by atoms with Crippen molar-refractivity contribution >= 4 is 21.6 Å². The molecule has 0 fully saturated rings. The van der Waals surface area contributed by atoms with Gasteiger partial charge in [-0.1, -0.05) is 13.0 Å². The molecule has 0 spiro atoms. The Morgan fingerprint density at radius 1 is 1.14 bits per heavy atom. The maximum absolute atomic E-state index is 13.2. The molecule has 0 aliphatic rings. The topological polar surface area (TPSA) is 30.2 Å². The van der Waals surface area contributed by atoms with Crippen molar-refractivity contribution in [2.24, 2.45) is 0 Å². The van der Waals surface area contributed by atoms with Gasteiger partial charge in [-0.25, -0.2) is 9.97 Å². The summed E-state index contributed by atoms with van der Waals surface area (Å²) in [6.07, 6.45) is -2.35. The molecule has 0 aliphatic heterocycles. The first kappa shape index (κ1) is 15.0. The molecular formula is C15H11BrF3N3. The van der Waals surface area contributed by atoms with Gasteiger partial charge in [0.15, 0.2) is 0 Å². The van der Waals surface area contributed by atoms with Crippen molar-refractivity contribution < 1.29 is 13.2 Å². The van der Waals surface area contributed by atoms with Crippen molar-refractivity contribution in [2.75, 3.05) is 0 Å². The molecule has 0 saturated heterocycles. The molecule has 0 atom stereocenters. The van der Waals surface area contributed by atoms with Gasteiger partial charge in [0, 0.05) is 6.20 Å². The van der Waals surface area contributed by atoms with E-state index in [9.17, 15) is 13.2 Å². The van der Waals surface area contributed by atoms with E-state index in [1.807, 2.05) is 6.92 Å². The second-order valence-electron chi connectivity index (χ2n) is 4.72. The van der Waals surface area contributed by atoms with Gasteiger partial charge >= 0.3 is 6.18 Å². The second-order valence-corrected chi connectivity index (χ2v) is 5.53. The Labute approximate surface area is 133 Å². The summed E-state index contributed by atoms with van der Waals surface area (Å²) in [6, 6.07) is 7.73. The van der Waals surface area contributed by atoms with Gasteiger partial charge in [0.05, 0.1) is 22.6 Å². The summed E-state index contributed by atoms with van der Waals surface area (Å²) < 4.78 is 41.5. The standard InChI is InChI=1S/C15H11BrF3N3/c1-2-10-13(11-6-3-7-12(16)20-11)22-8-4-5-9(14(22)21-10)15(17,18)19/h3-8H,2H2,1H3. The van der Waals surface area contributed by atoms with Crippen LogP contribution in [0, 0.1) is 0 Å². The molecule has 0 saturated carbocycles. The highest BCUT2D eigenvalue weighted by Crippen LogP contribution is 2.34. The highest BCUT2D eigenvalue weighted by atomic mass is 79.9. The summed E-state index contributed by atoms with van der Waals surface area (Å²) in [4.78, 5) is 8.53. The Morgan fingerprint density at radius 3 is 2.55 bits per heavy atom. The molecule has 3 aromatic heterocycles. The van der Waals surface area contributed by atoms with Gasteiger partial charge in [-0.2, -0.15) is 13.2 Å². The molecule has 3 heterocycles. The number of fused-ring (bicyclic) bond motifs is 1. The first-order valence-corrected chi connectivity index (χ1v) is 7.41. The average molecular weight is 370 g/mol. The first-order valence-electron chi connectivity index (χ1n) is 6.62. The van der Waals surface area contributed by atoms with Crippen molar-refractivity contribution in [3.8, 4) is 11.4 Å². The minimum atomic E-state index is -4.44. The van der Waals surface area contributed by atoms with Crippen LogP contribution in [-0.2, 0) is 12.6 Å². The Kier molecular flexibility index (Phi) is 3.68. The van der Waals surface area contributed by atoms with E-state index in [1.165, 1.54) is 10.5 Å². The van der Waals surface area contributed by atoms with Crippen LogP contribution in [-0.4, -0.2) is 14.4 Å². The van der Waals surface area contributed by atoms with Crippen LogP contribution in [0.2, 0.25) is 0 Å². The number of hydrogen-bond donors (Lipinski definition) is 0. The maximum atomic E-state index is 13.2. The minimum absolute atomic E-state index is 0.0939. The van der Waals surface area contributed by atoms with Crippen molar-refractivity contribution in [3.63, 3.8) is 0 Å². The molecule has 114 valence electrons. The molecule has 0 aromatic carbocycles. The summed E-state index contributed by atoms with van der Waals surface area (Å²) in [5.41, 5.74) is 0.917. The zero-order chi connectivity index (χ0) is 15.9. The lowest BCUT2D eigenvalue weighted by Gasteiger charge is -2.08. The summed E-state index contributed by atoms with van der Waals surface area (Å²) in [5.74, 6) is 0. The Bertz CT molecular complexity index is 840. The molecule has 0 amide bonds. The molecule has 0 N–H and O–H groups in total. The smallest absolute Gasteiger partial charge is 0.297 e. The van der Waals surface area contributed by atoms with E-state index in [2.05, 4.69) is 25.9 Å². The predicted molar refractivity (Wildman–Crippen MR) is 80.5 cm³/mol. The number of aromatic nitrogens is 3. The van der Waals surface area contributed by atoms with Crippen molar-refractivity contribution in [1.82, 2.24) is 14.4 Å². The third kappa shape index (κ3) is 2.49. The molecular weight excluding hydrogens is 359 g/mol. The number of aryl methyl sites for hydroxylation is 1. The molecule has 0 bridgehead atoms. The van der Waals surface area contributed by atoms with E-state index in [-0.39, 0.29) is 5.65 Å². The highest BCUT2D eigenvalue weighted by molar-refractivity contribution is 9.10. The lowest BCUT2D eigenvalue weighted by Crippen LogP contribution is -2.07. The monoisotopic (exact) mass is 369 g/mol. The summed E-state index contributed by atoms with van der Waals surface area (Å²) in [6.45, 7) is 1.86. The third-order valence-electron chi connectivity index (χ3n) is 3.32. The van der Waals surface area contributed by atoms with E-state index in [1.54, 1.807) is 24.4 Å². The Morgan fingerprint density at radius 2 is 1.91 bits per heavy atom. The lowest BCUT2D eigenvalue weighted by atomic mass is 10.2. The zero-order valence-electron chi connectivity index (χ0n) is 11.5. The fourth-order valence-electron chi connectivity index (χ4n) is 2.39.